The van der Waals surface area contributed by atoms with Gasteiger partial charge < -0.3 is 9.47 Å². The largest absolute Gasteiger partial charge is 0.426 e. The van der Waals surface area contributed by atoms with E-state index < -0.39 is 30.7 Å². The minimum Gasteiger partial charge on any atom is -0.352 e. The average molecular weight is 316 g/mol. The molecule has 1 saturated heterocycles. The summed E-state index contributed by atoms with van der Waals surface area (Å²) in [6.45, 7) is 0.141. The second-order valence-electron chi connectivity index (χ2n) is 5.95. The van der Waals surface area contributed by atoms with E-state index >= 15 is 0 Å². The smallest absolute Gasteiger partial charge is 0.352 e. The molecule has 3 rings (SSSR count). The van der Waals surface area contributed by atoms with Crippen molar-refractivity contribution in [2.45, 2.75) is 43.5 Å². The molecular weight excluding hydrogens is 302 g/mol. The van der Waals surface area contributed by atoms with Crippen LogP contribution in [0.25, 0.3) is 0 Å². The minimum absolute atomic E-state index is 0.141. The van der Waals surface area contributed by atoms with Gasteiger partial charge in [-0.05, 0) is 30.6 Å². The third-order valence-electron chi connectivity index (χ3n) is 4.62. The van der Waals surface area contributed by atoms with Crippen molar-refractivity contribution in [2.24, 2.45) is 17.8 Å². The third-order valence-corrected chi connectivity index (χ3v) is 4.62. The van der Waals surface area contributed by atoms with E-state index in [1.165, 1.54) is 0 Å². The lowest BCUT2D eigenvalue weighted by Gasteiger charge is -2.48. The normalized spacial score (nSPS) is 37.8. The van der Waals surface area contributed by atoms with Crippen LogP contribution in [0.15, 0.2) is 12.2 Å². The van der Waals surface area contributed by atoms with Crippen LogP contribution in [0.2, 0.25) is 0 Å². The molecule has 2 fully saturated rings. The van der Waals surface area contributed by atoms with Crippen LogP contribution in [0.4, 0.5) is 26.3 Å². The van der Waals surface area contributed by atoms with Crippen molar-refractivity contribution < 1.29 is 35.8 Å². The third kappa shape index (κ3) is 2.36. The first-order valence-corrected chi connectivity index (χ1v) is 6.73. The average Bonchev–Trinajstić information content (AvgIpc) is 2.84. The molecule has 0 spiro atoms. The van der Waals surface area contributed by atoms with Crippen LogP contribution in [-0.2, 0) is 9.47 Å². The van der Waals surface area contributed by atoms with Crippen LogP contribution in [0, 0.1) is 17.8 Å². The van der Waals surface area contributed by atoms with Crippen LogP contribution in [0.5, 0.6) is 0 Å². The number of hydrogen-bond acceptors (Lipinski definition) is 2. The molecule has 120 valence electrons. The molecule has 4 unspecified atom stereocenters. The summed E-state index contributed by atoms with van der Waals surface area (Å²) in [7, 11) is 0. The zero-order valence-electron chi connectivity index (χ0n) is 10.9. The summed E-state index contributed by atoms with van der Waals surface area (Å²) in [5.74, 6) is 0.954. The molecule has 2 nitrogen and oxygen atoms in total. The summed E-state index contributed by atoms with van der Waals surface area (Å²) in [6.07, 6.45) is -7.63. The van der Waals surface area contributed by atoms with E-state index in [2.05, 4.69) is 10.8 Å². The molecule has 0 N–H and O–H groups in total. The summed E-state index contributed by atoms with van der Waals surface area (Å²) in [4.78, 5) is 0. The zero-order chi connectivity index (χ0) is 15.5. The summed E-state index contributed by atoms with van der Waals surface area (Å²) in [5.41, 5.74) is -4.07. The number of hydrogen-bond donors (Lipinski definition) is 0. The molecule has 2 bridgehead atoms. The SMILES string of the molecule is FC(F)(F)C1(C(F)(F)F)CC(OCC2CC3C=CC2C3)O1. The summed E-state index contributed by atoms with van der Waals surface area (Å²) in [5, 5.41) is 0. The summed E-state index contributed by atoms with van der Waals surface area (Å²) in [6, 6.07) is 0. The number of rotatable bonds is 3. The van der Waals surface area contributed by atoms with Gasteiger partial charge in [0.1, 0.15) is 0 Å². The van der Waals surface area contributed by atoms with E-state index in [1.54, 1.807) is 0 Å². The van der Waals surface area contributed by atoms with E-state index in [0.717, 1.165) is 12.8 Å². The summed E-state index contributed by atoms with van der Waals surface area (Å²) < 4.78 is 84.7. The van der Waals surface area contributed by atoms with Crippen LogP contribution < -0.4 is 0 Å². The second-order valence-corrected chi connectivity index (χ2v) is 5.95. The lowest BCUT2D eigenvalue weighted by molar-refractivity contribution is -0.470. The molecule has 0 aromatic carbocycles. The van der Waals surface area contributed by atoms with E-state index in [0.29, 0.717) is 11.8 Å². The highest BCUT2D eigenvalue weighted by Crippen LogP contribution is 2.55. The molecule has 1 aliphatic heterocycles. The molecule has 1 heterocycles. The van der Waals surface area contributed by atoms with E-state index in [4.69, 9.17) is 4.74 Å². The highest BCUT2D eigenvalue weighted by molar-refractivity contribution is 5.10. The predicted octanol–water partition coefficient (Wildman–Crippen LogP) is 3.83. The van der Waals surface area contributed by atoms with E-state index in [1.807, 2.05) is 6.08 Å². The minimum atomic E-state index is -5.49. The van der Waals surface area contributed by atoms with Gasteiger partial charge in [0.25, 0.3) is 5.60 Å². The van der Waals surface area contributed by atoms with Gasteiger partial charge in [0.15, 0.2) is 6.29 Å². The van der Waals surface area contributed by atoms with Crippen LogP contribution >= 0.6 is 0 Å². The van der Waals surface area contributed by atoms with Crippen LogP contribution in [0.3, 0.4) is 0 Å². The van der Waals surface area contributed by atoms with Crippen LogP contribution in [-0.4, -0.2) is 30.9 Å². The molecular formula is C13H14F6O2. The van der Waals surface area contributed by atoms with Crippen molar-refractivity contribution >= 4 is 0 Å². The highest BCUT2D eigenvalue weighted by atomic mass is 19.4. The molecule has 1 saturated carbocycles. The van der Waals surface area contributed by atoms with Gasteiger partial charge in [0.05, 0.1) is 6.61 Å². The lowest BCUT2D eigenvalue weighted by Crippen LogP contribution is -2.68. The first-order valence-electron chi connectivity index (χ1n) is 6.73. The molecule has 21 heavy (non-hydrogen) atoms. The Kier molecular flexibility index (Phi) is 3.33. The van der Waals surface area contributed by atoms with Crippen molar-refractivity contribution in [3.8, 4) is 0 Å². The van der Waals surface area contributed by atoms with Gasteiger partial charge >= 0.3 is 12.4 Å². The number of fused-ring (bicyclic) bond motifs is 2. The zero-order valence-corrected chi connectivity index (χ0v) is 10.9. The fraction of sp³-hybridized carbons (Fsp3) is 0.846. The van der Waals surface area contributed by atoms with Gasteiger partial charge in [-0.3, -0.25) is 0 Å². The maximum absolute atomic E-state index is 12.6. The highest BCUT2D eigenvalue weighted by Gasteiger charge is 2.78. The Hall–Kier alpha value is -0.760. The van der Waals surface area contributed by atoms with E-state index in [-0.39, 0.29) is 12.5 Å². The van der Waals surface area contributed by atoms with Gasteiger partial charge in [-0.2, -0.15) is 26.3 Å². The van der Waals surface area contributed by atoms with Crippen molar-refractivity contribution in [3.05, 3.63) is 12.2 Å². The molecule has 0 amide bonds. The molecule has 2 aliphatic carbocycles. The number of alkyl halides is 6. The van der Waals surface area contributed by atoms with Crippen LogP contribution in [0.1, 0.15) is 19.3 Å². The Morgan fingerprint density at radius 1 is 1.05 bits per heavy atom. The van der Waals surface area contributed by atoms with Crippen molar-refractivity contribution in [2.75, 3.05) is 6.61 Å². The predicted molar refractivity (Wildman–Crippen MR) is 59.1 cm³/mol. The number of halogens is 6. The van der Waals surface area contributed by atoms with Gasteiger partial charge in [-0.25, -0.2) is 0 Å². The maximum Gasteiger partial charge on any atom is 0.426 e. The number of allylic oxidation sites excluding steroid dienone is 2. The summed E-state index contributed by atoms with van der Waals surface area (Å²) >= 11 is 0. The molecule has 0 aromatic heterocycles. The first-order chi connectivity index (χ1) is 9.62. The van der Waals surface area contributed by atoms with Crippen molar-refractivity contribution in [1.82, 2.24) is 0 Å². The second kappa shape index (κ2) is 4.62. The van der Waals surface area contributed by atoms with Gasteiger partial charge in [0, 0.05) is 6.42 Å². The van der Waals surface area contributed by atoms with Crippen molar-refractivity contribution in [3.63, 3.8) is 0 Å². The first kappa shape index (κ1) is 15.1. The standard InChI is InChI=1S/C13H14F6O2/c14-12(15,16)11(13(17,18)19)5-10(21-11)20-6-9-4-7-1-2-8(9)3-7/h1-2,7-10H,3-6H2. The molecule has 4 atom stereocenters. The van der Waals surface area contributed by atoms with Gasteiger partial charge in [-0.15, -0.1) is 0 Å². The molecule has 0 aromatic rings. The Bertz CT molecular complexity index is 419. The van der Waals surface area contributed by atoms with Gasteiger partial charge in [-0.1, -0.05) is 12.2 Å². The van der Waals surface area contributed by atoms with E-state index in [9.17, 15) is 26.3 Å². The van der Waals surface area contributed by atoms with Gasteiger partial charge in [0.2, 0.25) is 0 Å². The topological polar surface area (TPSA) is 18.5 Å². The van der Waals surface area contributed by atoms with Crippen molar-refractivity contribution in [1.29, 1.82) is 0 Å². The Labute approximate surface area is 117 Å². The fourth-order valence-electron chi connectivity index (χ4n) is 3.39. The number of ether oxygens (including phenoxy) is 2. The Balaban J connectivity index is 1.53. The molecule has 0 radical (unpaired) electrons. The lowest BCUT2D eigenvalue weighted by atomic mass is 9.91. The Morgan fingerprint density at radius 3 is 2.10 bits per heavy atom. The Morgan fingerprint density at radius 2 is 1.67 bits per heavy atom. The quantitative estimate of drug-likeness (QED) is 0.582. The molecule has 8 heteroatoms. The molecule has 3 aliphatic rings. The monoisotopic (exact) mass is 316 g/mol. The maximum atomic E-state index is 12.6. The fourth-order valence-corrected chi connectivity index (χ4v) is 3.39.